The summed E-state index contributed by atoms with van der Waals surface area (Å²) in [6.45, 7) is 3.55. The summed E-state index contributed by atoms with van der Waals surface area (Å²) in [5, 5.41) is 16.0. The second-order valence-corrected chi connectivity index (χ2v) is 4.73. The molecule has 0 aliphatic heterocycles. The molecule has 1 amide bonds. The molecule has 0 aliphatic rings. The van der Waals surface area contributed by atoms with Crippen molar-refractivity contribution < 1.29 is 4.79 Å². The van der Waals surface area contributed by atoms with Gasteiger partial charge in [0.15, 0.2) is 5.69 Å². The maximum absolute atomic E-state index is 12.1. The predicted molar refractivity (Wildman–Crippen MR) is 75.3 cm³/mol. The zero-order valence-corrected chi connectivity index (χ0v) is 11.5. The van der Waals surface area contributed by atoms with Gasteiger partial charge < -0.3 is 5.32 Å². The van der Waals surface area contributed by atoms with Crippen LogP contribution >= 0.6 is 0 Å². The summed E-state index contributed by atoms with van der Waals surface area (Å²) < 4.78 is 1.63. The molecule has 0 saturated heterocycles. The minimum absolute atomic E-state index is 0.295. The smallest absolute Gasteiger partial charge is 0.273 e. The molecule has 0 unspecified atom stereocenters. The molecule has 0 spiro atoms. The number of para-hydroxylation sites is 1. The lowest BCUT2D eigenvalue weighted by Crippen LogP contribution is -2.44. The average molecular weight is 268 g/mol. The minimum atomic E-state index is -0.867. The molecular weight excluding hydrogens is 252 g/mol. The van der Waals surface area contributed by atoms with E-state index in [4.69, 9.17) is 5.26 Å². The Morgan fingerprint density at radius 3 is 2.70 bits per heavy atom. The highest BCUT2D eigenvalue weighted by atomic mass is 16.2. The Kier molecular flexibility index (Phi) is 3.85. The van der Waals surface area contributed by atoms with E-state index in [0.717, 1.165) is 5.69 Å². The fraction of sp³-hybridized carbons (Fsp3) is 0.267. The first-order valence-electron chi connectivity index (χ1n) is 6.43. The average Bonchev–Trinajstić information content (AvgIpc) is 2.98. The zero-order chi connectivity index (χ0) is 14.6. The van der Waals surface area contributed by atoms with Crippen LogP contribution in [0.25, 0.3) is 5.69 Å². The molecule has 1 aromatic carbocycles. The second kappa shape index (κ2) is 5.57. The van der Waals surface area contributed by atoms with Gasteiger partial charge in [-0.2, -0.15) is 10.4 Å². The summed E-state index contributed by atoms with van der Waals surface area (Å²) in [6.07, 6.45) is 2.26. The number of hydrogen-bond donors (Lipinski definition) is 1. The summed E-state index contributed by atoms with van der Waals surface area (Å²) >= 11 is 0. The molecule has 0 aliphatic carbocycles. The first-order chi connectivity index (χ1) is 9.58. The van der Waals surface area contributed by atoms with E-state index in [1.807, 2.05) is 37.3 Å². The van der Waals surface area contributed by atoms with E-state index in [1.165, 1.54) is 0 Å². The molecule has 102 valence electrons. The number of nitrogens with zero attached hydrogens (tertiary/aromatic N) is 3. The van der Waals surface area contributed by atoms with Crippen molar-refractivity contribution in [2.24, 2.45) is 0 Å². The Balaban J connectivity index is 2.18. The van der Waals surface area contributed by atoms with Crippen LogP contribution in [0.5, 0.6) is 0 Å². The van der Waals surface area contributed by atoms with Crippen LogP contribution in [0, 0.1) is 11.3 Å². The van der Waals surface area contributed by atoms with Gasteiger partial charge in [0.25, 0.3) is 5.91 Å². The second-order valence-electron chi connectivity index (χ2n) is 4.73. The van der Waals surface area contributed by atoms with Crippen molar-refractivity contribution >= 4 is 5.91 Å². The normalized spacial score (nSPS) is 13.2. The molecule has 5 heteroatoms. The van der Waals surface area contributed by atoms with E-state index in [9.17, 15) is 4.79 Å². The number of aromatic nitrogens is 2. The van der Waals surface area contributed by atoms with Crippen LogP contribution in [-0.4, -0.2) is 21.2 Å². The third kappa shape index (κ3) is 2.86. The molecule has 0 saturated carbocycles. The molecule has 0 bridgehead atoms. The molecule has 2 aromatic rings. The van der Waals surface area contributed by atoms with E-state index < -0.39 is 5.54 Å². The van der Waals surface area contributed by atoms with Gasteiger partial charge in [-0.15, -0.1) is 0 Å². The van der Waals surface area contributed by atoms with Crippen molar-refractivity contribution in [2.75, 3.05) is 0 Å². The Bertz CT molecular complexity index is 641. The number of hydrogen-bond acceptors (Lipinski definition) is 3. The molecule has 1 heterocycles. The van der Waals surface area contributed by atoms with E-state index in [0.29, 0.717) is 12.1 Å². The number of nitrogens with one attached hydrogen (secondary N) is 1. The van der Waals surface area contributed by atoms with E-state index in [-0.39, 0.29) is 5.91 Å². The van der Waals surface area contributed by atoms with Crippen molar-refractivity contribution in [2.45, 2.75) is 25.8 Å². The van der Waals surface area contributed by atoms with Crippen LogP contribution in [0.3, 0.4) is 0 Å². The minimum Gasteiger partial charge on any atom is -0.333 e. The van der Waals surface area contributed by atoms with Crippen LogP contribution in [0.15, 0.2) is 42.6 Å². The summed E-state index contributed by atoms with van der Waals surface area (Å²) in [4.78, 5) is 12.1. The summed E-state index contributed by atoms with van der Waals surface area (Å²) in [7, 11) is 0. The van der Waals surface area contributed by atoms with Crippen molar-refractivity contribution in [1.82, 2.24) is 15.1 Å². The van der Waals surface area contributed by atoms with Crippen LogP contribution in [0.1, 0.15) is 30.8 Å². The third-order valence-corrected chi connectivity index (χ3v) is 3.19. The van der Waals surface area contributed by atoms with Crippen molar-refractivity contribution in [3.8, 4) is 11.8 Å². The monoisotopic (exact) mass is 268 g/mol. The summed E-state index contributed by atoms with van der Waals surface area (Å²) in [6, 6.07) is 13.3. The third-order valence-electron chi connectivity index (χ3n) is 3.19. The van der Waals surface area contributed by atoms with Crippen LogP contribution < -0.4 is 5.32 Å². The number of carbonyl (C=O) groups is 1. The first kappa shape index (κ1) is 13.8. The van der Waals surface area contributed by atoms with Crippen LogP contribution in [0.2, 0.25) is 0 Å². The van der Waals surface area contributed by atoms with Gasteiger partial charge in [0.2, 0.25) is 0 Å². The zero-order valence-electron chi connectivity index (χ0n) is 11.5. The number of rotatable bonds is 4. The van der Waals surface area contributed by atoms with Gasteiger partial charge in [0.05, 0.1) is 11.8 Å². The SMILES string of the molecule is CC[C@](C)(C#N)NC(=O)c1ccn(-c2ccccc2)n1. The van der Waals surface area contributed by atoms with Crippen molar-refractivity contribution in [1.29, 1.82) is 5.26 Å². The fourth-order valence-corrected chi connectivity index (χ4v) is 1.68. The standard InChI is InChI=1S/C15H16N4O/c1-3-15(2,11-16)17-14(20)13-9-10-19(18-13)12-7-5-4-6-8-12/h4-10H,3H2,1-2H3,(H,17,20)/t15-/m1/s1. The lowest BCUT2D eigenvalue weighted by Gasteiger charge is -2.20. The van der Waals surface area contributed by atoms with Gasteiger partial charge in [0, 0.05) is 6.20 Å². The number of amides is 1. The Labute approximate surface area is 117 Å². The highest BCUT2D eigenvalue weighted by Gasteiger charge is 2.25. The Morgan fingerprint density at radius 1 is 1.40 bits per heavy atom. The van der Waals surface area contributed by atoms with Crippen LogP contribution in [0.4, 0.5) is 0 Å². The van der Waals surface area contributed by atoms with Gasteiger partial charge in [-0.25, -0.2) is 4.68 Å². The van der Waals surface area contributed by atoms with Crippen molar-refractivity contribution in [3.05, 3.63) is 48.3 Å². The van der Waals surface area contributed by atoms with E-state index >= 15 is 0 Å². The summed E-state index contributed by atoms with van der Waals surface area (Å²) in [5.41, 5.74) is 0.307. The quantitative estimate of drug-likeness (QED) is 0.924. The summed E-state index contributed by atoms with van der Waals surface area (Å²) in [5.74, 6) is -0.342. The van der Waals surface area contributed by atoms with Crippen LogP contribution in [-0.2, 0) is 0 Å². The lowest BCUT2D eigenvalue weighted by atomic mass is 10.0. The molecule has 1 N–H and O–H groups in total. The molecule has 1 aromatic heterocycles. The number of carbonyl (C=O) groups excluding carboxylic acids is 1. The predicted octanol–water partition coefficient (Wildman–Crippen LogP) is 2.29. The van der Waals surface area contributed by atoms with E-state index in [1.54, 1.807) is 23.9 Å². The number of benzene rings is 1. The molecule has 5 nitrogen and oxygen atoms in total. The Hall–Kier alpha value is -2.61. The van der Waals surface area contributed by atoms with Crippen molar-refractivity contribution in [3.63, 3.8) is 0 Å². The lowest BCUT2D eigenvalue weighted by molar-refractivity contribution is 0.0917. The molecule has 20 heavy (non-hydrogen) atoms. The van der Waals surface area contributed by atoms with Gasteiger partial charge in [-0.3, -0.25) is 4.79 Å². The first-order valence-corrected chi connectivity index (χ1v) is 6.43. The van der Waals surface area contributed by atoms with Gasteiger partial charge in [-0.05, 0) is 31.5 Å². The highest BCUT2D eigenvalue weighted by Crippen LogP contribution is 2.10. The Morgan fingerprint density at radius 2 is 2.10 bits per heavy atom. The fourth-order valence-electron chi connectivity index (χ4n) is 1.68. The maximum Gasteiger partial charge on any atom is 0.273 e. The maximum atomic E-state index is 12.1. The van der Waals surface area contributed by atoms with Gasteiger partial charge >= 0.3 is 0 Å². The van der Waals surface area contributed by atoms with Gasteiger partial charge in [0.1, 0.15) is 5.54 Å². The van der Waals surface area contributed by atoms with E-state index in [2.05, 4.69) is 16.5 Å². The molecule has 0 radical (unpaired) electrons. The largest absolute Gasteiger partial charge is 0.333 e. The molecule has 0 fully saturated rings. The highest BCUT2D eigenvalue weighted by molar-refractivity contribution is 5.93. The molecule has 1 atom stereocenters. The van der Waals surface area contributed by atoms with Gasteiger partial charge in [-0.1, -0.05) is 25.1 Å². The number of nitriles is 1. The topological polar surface area (TPSA) is 70.7 Å². The molecular formula is C15H16N4O. The molecule has 2 rings (SSSR count).